The van der Waals surface area contributed by atoms with Gasteiger partial charge in [0.1, 0.15) is 0 Å². The molecule has 0 bridgehead atoms. The number of thioether (sulfide) groups is 1. The smallest absolute Gasteiger partial charge is 0.238 e. The van der Waals surface area contributed by atoms with Crippen molar-refractivity contribution in [3.63, 3.8) is 0 Å². The van der Waals surface area contributed by atoms with E-state index in [0.717, 1.165) is 5.56 Å². The summed E-state index contributed by atoms with van der Waals surface area (Å²) in [5, 5.41) is 10.5. The summed E-state index contributed by atoms with van der Waals surface area (Å²) in [6.07, 6.45) is 1.42. The Morgan fingerprint density at radius 1 is 1.27 bits per heavy atom. The Morgan fingerprint density at radius 3 is 2.69 bits per heavy atom. The summed E-state index contributed by atoms with van der Waals surface area (Å²) in [6, 6.07) is 9.46. The maximum atomic E-state index is 12.3. The lowest BCUT2D eigenvalue weighted by Crippen LogP contribution is -2.23. The zero-order valence-corrected chi connectivity index (χ0v) is 16.3. The Hall–Kier alpha value is -2.09. The molecule has 0 saturated heterocycles. The first kappa shape index (κ1) is 18.7. The lowest BCUT2D eigenvalue weighted by atomic mass is 10.1. The largest absolute Gasteiger partial charge is 0.308 e. The highest BCUT2D eigenvalue weighted by Gasteiger charge is 2.19. The highest BCUT2D eigenvalue weighted by atomic mass is 35.5. The molecule has 3 aromatic rings. The number of amides is 1. The molecule has 0 aliphatic carbocycles. The van der Waals surface area contributed by atoms with Crippen LogP contribution in [0.1, 0.15) is 12.5 Å². The van der Waals surface area contributed by atoms with Gasteiger partial charge in [0, 0.05) is 11.8 Å². The van der Waals surface area contributed by atoms with Crippen molar-refractivity contribution in [2.24, 2.45) is 0 Å². The van der Waals surface area contributed by atoms with E-state index in [1.807, 2.05) is 31.2 Å². The third-order valence-electron chi connectivity index (χ3n) is 3.49. The first-order valence-electron chi connectivity index (χ1n) is 7.70. The molecule has 26 heavy (non-hydrogen) atoms. The van der Waals surface area contributed by atoms with Crippen LogP contribution in [0.2, 0.25) is 10.0 Å². The van der Waals surface area contributed by atoms with Gasteiger partial charge >= 0.3 is 0 Å². The van der Waals surface area contributed by atoms with Crippen molar-refractivity contribution in [2.75, 3.05) is 5.32 Å². The summed E-state index contributed by atoms with van der Waals surface area (Å²) in [4.78, 5) is 20.8. The van der Waals surface area contributed by atoms with Gasteiger partial charge in [0.05, 0.1) is 15.3 Å². The Kier molecular flexibility index (Phi) is 5.80. The van der Waals surface area contributed by atoms with Gasteiger partial charge in [-0.2, -0.15) is 0 Å². The third-order valence-corrected chi connectivity index (χ3v) is 4.95. The van der Waals surface area contributed by atoms with Gasteiger partial charge in [-0.1, -0.05) is 64.8 Å². The number of aromatic nitrogens is 4. The molecule has 0 aliphatic heterocycles. The van der Waals surface area contributed by atoms with E-state index < -0.39 is 5.25 Å². The van der Waals surface area contributed by atoms with Crippen LogP contribution in [-0.4, -0.2) is 31.3 Å². The van der Waals surface area contributed by atoms with Crippen LogP contribution in [0.5, 0.6) is 0 Å². The highest BCUT2D eigenvalue weighted by molar-refractivity contribution is 8.00. The summed E-state index contributed by atoms with van der Waals surface area (Å²) in [7, 11) is 0. The molecule has 0 fully saturated rings. The fourth-order valence-corrected chi connectivity index (χ4v) is 3.23. The molecule has 2 heterocycles. The zero-order chi connectivity index (χ0) is 18.7. The standard InChI is InChI=1S/C17H15Cl2N5OS/c1-9-3-5-11(6-4-9)14-22-17(24-23-14)26-10(2)16(25)21-15-13(19)7-12(18)8-20-15/h3-8,10H,1-2H3,(H,20,21,25)(H,22,23,24)/t10-/m0/s1. The van der Waals surface area contributed by atoms with Gasteiger partial charge in [0.15, 0.2) is 11.6 Å². The van der Waals surface area contributed by atoms with Crippen LogP contribution in [0, 0.1) is 6.92 Å². The summed E-state index contributed by atoms with van der Waals surface area (Å²) in [5.41, 5.74) is 2.10. The van der Waals surface area contributed by atoms with Crippen LogP contribution in [0.3, 0.4) is 0 Å². The van der Waals surface area contributed by atoms with Crippen molar-refractivity contribution in [1.29, 1.82) is 0 Å². The fourth-order valence-electron chi connectivity index (χ4n) is 2.08. The van der Waals surface area contributed by atoms with Crippen LogP contribution in [0.4, 0.5) is 5.82 Å². The number of rotatable bonds is 5. The topological polar surface area (TPSA) is 83.6 Å². The lowest BCUT2D eigenvalue weighted by molar-refractivity contribution is -0.115. The Labute approximate surface area is 164 Å². The average molecular weight is 408 g/mol. The van der Waals surface area contributed by atoms with Crippen LogP contribution in [0.25, 0.3) is 11.4 Å². The summed E-state index contributed by atoms with van der Waals surface area (Å²) in [5.74, 6) is 0.666. The SMILES string of the molecule is Cc1ccc(-c2nc(S[C@@H](C)C(=O)Nc3ncc(Cl)cc3Cl)n[nH]2)cc1. The summed E-state index contributed by atoms with van der Waals surface area (Å²) < 4.78 is 0. The van der Waals surface area contributed by atoms with Gasteiger partial charge < -0.3 is 5.32 Å². The predicted molar refractivity (Wildman–Crippen MR) is 105 cm³/mol. The molecule has 1 amide bonds. The Balaban J connectivity index is 1.65. The molecule has 2 N–H and O–H groups in total. The number of carbonyl (C=O) groups excluding carboxylic acids is 1. The van der Waals surface area contributed by atoms with Crippen molar-refractivity contribution in [2.45, 2.75) is 24.3 Å². The molecular weight excluding hydrogens is 393 g/mol. The molecule has 0 radical (unpaired) electrons. The van der Waals surface area contributed by atoms with Gasteiger partial charge in [-0.25, -0.2) is 9.97 Å². The van der Waals surface area contributed by atoms with Gasteiger partial charge in [-0.05, 0) is 19.9 Å². The fraction of sp³-hybridized carbons (Fsp3) is 0.176. The van der Waals surface area contributed by atoms with Crippen LogP contribution in [-0.2, 0) is 4.79 Å². The number of aryl methyl sites for hydroxylation is 1. The molecule has 0 unspecified atom stereocenters. The number of pyridine rings is 1. The van der Waals surface area contributed by atoms with Crippen molar-refractivity contribution in [3.8, 4) is 11.4 Å². The van der Waals surface area contributed by atoms with Crippen molar-refractivity contribution in [3.05, 3.63) is 52.1 Å². The monoisotopic (exact) mass is 407 g/mol. The average Bonchev–Trinajstić information content (AvgIpc) is 3.06. The molecule has 3 rings (SSSR count). The maximum Gasteiger partial charge on any atom is 0.238 e. The first-order chi connectivity index (χ1) is 12.4. The minimum Gasteiger partial charge on any atom is -0.308 e. The molecule has 2 aromatic heterocycles. The van der Waals surface area contributed by atoms with Gasteiger partial charge in [-0.15, -0.1) is 5.10 Å². The van der Waals surface area contributed by atoms with E-state index in [1.165, 1.54) is 29.6 Å². The van der Waals surface area contributed by atoms with Crippen LogP contribution in [0.15, 0.2) is 41.7 Å². The normalized spacial score (nSPS) is 12.0. The molecule has 6 nitrogen and oxygen atoms in total. The van der Waals surface area contributed by atoms with E-state index in [2.05, 4.69) is 25.5 Å². The Bertz CT molecular complexity index is 929. The molecule has 0 saturated carbocycles. The van der Waals surface area contributed by atoms with E-state index in [4.69, 9.17) is 23.2 Å². The van der Waals surface area contributed by atoms with Crippen LogP contribution < -0.4 is 5.32 Å². The molecule has 9 heteroatoms. The molecular formula is C17H15Cl2N5OS. The number of nitrogens with one attached hydrogen (secondary N) is 2. The first-order valence-corrected chi connectivity index (χ1v) is 9.34. The summed E-state index contributed by atoms with van der Waals surface area (Å²) in [6.45, 7) is 3.78. The number of H-pyrrole nitrogens is 1. The lowest BCUT2D eigenvalue weighted by Gasteiger charge is -2.10. The number of halogens is 2. The number of aromatic amines is 1. The second-order valence-electron chi connectivity index (χ2n) is 5.57. The Morgan fingerprint density at radius 2 is 2.00 bits per heavy atom. The second-order valence-corrected chi connectivity index (χ2v) is 7.72. The minimum atomic E-state index is -0.440. The third kappa shape index (κ3) is 4.55. The van der Waals surface area contributed by atoms with Crippen LogP contribution >= 0.6 is 35.0 Å². The number of benzene rings is 1. The minimum absolute atomic E-state index is 0.256. The number of hydrogen-bond donors (Lipinski definition) is 2. The molecule has 0 spiro atoms. The van der Waals surface area contributed by atoms with E-state index in [9.17, 15) is 4.79 Å². The van der Waals surface area contributed by atoms with Gasteiger partial charge in [-0.3, -0.25) is 9.89 Å². The quantitative estimate of drug-likeness (QED) is 0.603. The summed E-state index contributed by atoms with van der Waals surface area (Å²) >= 11 is 13.1. The van der Waals surface area contributed by atoms with E-state index in [-0.39, 0.29) is 16.7 Å². The molecule has 1 aromatic carbocycles. The number of hydrogen-bond acceptors (Lipinski definition) is 5. The van der Waals surface area contributed by atoms with E-state index in [1.54, 1.807) is 6.92 Å². The van der Waals surface area contributed by atoms with E-state index >= 15 is 0 Å². The predicted octanol–water partition coefficient (Wildman–Crippen LogP) is 4.60. The molecule has 0 aliphatic rings. The van der Waals surface area contributed by atoms with Gasteiger partial charge in [0.25, 0.3) is 0 Å². The number of nitrogens with zero attached hydrogens (tertiary/aromatic N) is 3. The number of anilines is 1. The zero-order valence-electron chi connectivity index (χ0n) is 14.0. The highest BCUT2D eigenvalue weighted by Crippen LogP contribution is 2.26. The molecule has 1 atom stereocenters. The van der Waals surface area contributed by atoms with Crippen molar-refractivity contribution >= 4 is 46.7 Å². The molecule has 134 valence electrons. The number of carbonyl (C=O) groups is 1. The maximum absolute atomic E-state index is 12.3. The van der Waals surface area contributed by atoms with Crippen molar-refractivity contribution in [1.82, 2.24) is 20.2 Å². The van der Waals surface area contributed by atoms with E-state index in [0.29, 0.717) is 16.0 Å². The van der Waals surface area contributed by atoms with Crippen molar-refractivity contribution < 1.29 is 4.79 Å². The van der Waals surface area contributed by atoms with Gasteiger partial charge in [0.2, 0.25) is 11.1 Å². The second kappa shape index (κ2) is 8.07.